The lowest BCUT2D eigenvalue weighted by atomic mass is 10.0. The van der Waals surface area contributed by atoms with Crippen molar-refractivity contribution in [2.24, 2.45) is 0 Å². The second-order valence-corrected chi connectivity index (χ2v) is 12.5. The minimum absolute atomic E-state index is 0.0254. The molecule has 2 unspecified atom stereocenters. The van der Waals surface area contributed by atoms with Gasteiger partial charge >= 0.3 is 0 Å². The third-order valence-electron chi connectivity index (χ3n) is 5.72. The predicted octanol–water partition coefficient (Wildman–Crippen LogP) is 4.48. The molecule has 2 aromatic carbocycles. The van der Waals surface area contributed by atoms with Gasteiger partial charge in [0.05, 0.1) is 20.7 Å². The van der Waals surface area contributed by atoms with Crippen molar-refractivity contribution in [3.63, 3.8) is 0 Å². The standard InChI is InChI=1S/C21H26F3N3O3S2/c1-15(31(28,29)16-7-9-17(10-8-16)32(25,30)26(2)3)18-5-4-6-19(22)20(18)27-13-11-21(23,24)12-14-27/h4-10,15,25H,11-14H2,1-3H3. The van der Waals surface area contributed by atoms with E-state index in [1.165, 1.54) is 72.7 Å². The van der Waals surface area contributed by atoms with Gasteiger partial charge in [-0.2, -0.15) is 0 Å². The molecule has 1 aliphatic heterocycles. The van der Waals surface area contributed by atoms with E-state index in [1.807, 2.05) is 0 Å². The van der Waals surface area contributed by atoms with Gasteiger partial charge in [-0.3, -0.25) is 0 Å². The van der Waals surface area contributed by atoms with Crippen LogP contribution in [0.2, 0.25) is 0 Å². The van der Waals surface area contributed by atoms with E-state index >= 15 is 0 Å². The summed E-state index contributed by atoms with van der Waals surface area (Å²) in [5.41, 5.74) is 0.217. The maximum Gasteiger partial charge on any atom is 0.251 e. The first-order valence-electron chi connectivity index (χ1n) is 9.99. The molecule has 1 fully saturated rings. The first kappa shape index (κ1) is 24.5. The number of hydrogen-bond acceptors (Lipinski definition) is 5. The number of hydrogen-bond donors (Lipinski definition) is 1. The highest BCUT2D eigenvalue weighted by Gasteiger charge is 2.37. The zero-order chi connectivity index (χ0) is 23.9. The molecule has 0 aliphatic carbocycles. The second-order valence-electron chi connectivity index (χ2n) is 8.02. The summed E-state index contributed by atoms with van der Waals surface area (Å²) in [5, 5.41) is -1.16. The number of para-hydroxylation sites is 1. The molecule has 2 atom stereocenters. The predicted molar refractivity (Wildman–Crippen MR) is 118 cm³/mol. The van der Waals surface area contributed by atoms with Gasteiger partial charge in [0.25, 0.3) is 5.92 Å². The Balaban J connectivity index is 1.97. The first-order chi connectivity index (χ1) is 14.8. The van der Waals surface area contributed by atoms with Gasteiger partial charge in [-0.1, -0.05) is 12.1 Å². The minimum Gasteiger partial charge on any atom is -0.368 e. The molecule has 32 heavy (non-hydrogen) atoms. The highest BCUT2D eigenvalue weighted by atomic mass is 32.2. The molecule has 1 aliphatic rings. The van der Waals surface area contributed by atoms with E-state index in [2.05, 4.69) is 0 Å². The molecule has 176 valence electrons. The van der Waals surface area contributed by atoms with E-state index in [4.69, 9.17) is 4.78 Å². The number of halogens is 3. The fraction of sp³-hybridized carbons (Fsp3) is 0.429. The average molecular weight is 490 g/mol. The van der Waals surface area contributed by atoms with Crippen molar-refractivity contribution in [1.82, 2.24) is 4.31 Å². The van der Waals surface area contributed by atoms with Gasteiger partial charge in [0.2, 0.25) is 0 Å². The van der Waals surface area contributed by atoms with E-state index < -0.39 is 49.6 Å². The topological polar surface area (TPSA) is 81.5 Å². The number of sulfone groups is 1. The van der Waals surface area contributed by atoms with Crippen LogP contribution in [-0.2, 0) is 19.8 Å². The Morgan fingerprint density at radius 2 is 1.53 bits per heavy atom. The van der Waals surface area contributed by atoms with Crippen LogP contribution in [0.3, 0.4) is 0 Å². The zero-order valence-corrected chi connectivity index (χ0v) is 19.6. The van der Waals surface area contributed by atoms with Crippen LogP contribution in [0.15, 0.2) is 52.3 Å². The van der Waals surface area contributed by atoms with Crippen molar-refractivity contribution in [3.8, 4) is 0 Å². The van der Waals surface area contributed by atoms with Gasteiger partial charge < -0.3 is 4.90 Å². The summed E-state index contributed by atoms with van der Waals surface area (Å²) in [5.74, 6) is -3.48. The number of anilines is 1. The van der Waals surface area contributed by atoms with Gasteiger partial charge in [-0.25, -0.2) is 34.9 Å². The molecule has 1 N–H and O–H groups in total. The van der Waals surface area contributed by atoms with E-state index in [9.17, 15) is 25.8 Å². The summed E-state index contributed by atoms with van der Waals surface area (Å²) in [6.45, 7) is 1.27. The normalized spacial score (nSPS) is 19.5. The Morgan fingerprint density at radius 1 is 1.00 bits per heavy atom. The molecule has 3 rings (SSSR count). The Labute approximate surface area is 187 Å². The fourth-order valence-electron chi connectivity index (χ4n) is 3.65. The van der Waals surface area contributed by atoms with Crippen molar-refractivity contribution in [3.05, 3.63) is 53.8 Å². The van der Waals surface area contributed by atoms with E-state index in [1.54, 1.807) is 0 Å². The first-order valence-corrected chi connectivity index (χ1v) is 13.0. The molecule has 11 heteroatoms. The molecule has 0 amide bonds. The number of piperidine rings is 1. The molecule has 1 heterocycles. The molecule has 2 aromatic rings. The molecule has 0 radical (unpaired) electrons. The average Bonchev–Trinajstić information content (AvgIpc) is 2.73. The quantitative estimate of drug-likeness (QED) is 0.649. The lowest BCUT2D eigenvalue weighted by Gasteiger charge is -2.35. The molecule has 1 saturated heterocycles. The van der Waals surface area contributed by atoms with Gasteiger partial charge in [-0.05, 0) is 42.8 Å². The molecule has 0 saturated carbocycles. The highest BCUT2D eigenvalue weighted by Crippen LogP contribution is 2.39. The Kier molecular flexibility index (Phi) is 6.65. The largest absolute Gasteiger partial charge is 0.368 e. The lowest BCUT2D eigenvalue weighted by Crippen LogP contribution is -2.40. The summed E-state index contributed by atoms with van der Waals surface area (Å²) in [6, 6.07) is 9.28. The third kappa shape index (κ3) is 4.65. The Morgan fingerprint density at radius 3 is 2.06 bits per heavy atom. The lowest BCUT2D eigenvalue weighted by molar-refractivity contribution is -0.0221. The fourth-order valence-corrected chi connectivity index (χ4v) is 6.02. The van der Waals surface area contributed by atoms with Crippen LogP contribution in [0.25, 0.3) is 0 Å². The van der Waals surface area contributed by atoms with Gasteiger partial charge in [0.1, 0.15) is 15.7 Å². The second kappa shape index (κ2) is 8.68. The zero-order valence-electron chi connectivity index (χ0n) is 18.0. The molecular formula is C21H26F3N3O3S2. The third-order valence-corrected chi connectivity index (χ3v) is 9.77. The number of benzene rings is 2. The molecule has 0 aromatic heterocycles. The summed E-state index contributed by atoms with van der Waals surface area (Å²) in [6.07, 6.45) is -0.858. The van der Waals surface area contributed by atoms with Crippen molar-refractivity contribution >= 4 is 25.4 Å². The van der Waals surface area contributed by atoms with Gasteiger partial charge in [0, 0.05) is 40.0 Å². The molecule has 6 nitrogen and oxygen atoms in total. The summed E-state index contributed by atoms with van der Waals surface area (Å²) in [7, 11) is -4.23. The number of nitrogens with zero attached hydrogens (tertiary/aromatic N) is 2. The Bertz CT molecular complexity index is 1190. The van der Waals surface area contributed by atoms with Crippen LogP contribution >= 0.6 is 0 Å². The van der Waals surface area contributed by atoms with Gasteiger partial charge in [-0.15, -0.1) is 0 Å². The van der Waals surface area contributed by atoms with Crippen molar-refractivity contribution in [1.29, 1.82) is 4.78 Å². The molecular weight excluding hydrogens is 463 g/mol. The summed E-state index contributed by atoms with van der Waals surface area (Å²) in [4.78, 5) is 1.57. The van der Waals surface area contributed by atoms with Crippen molar-refractivity contribution in [2.75, 3.05) is 32.1 Å². The number of nitrogens with one attached hydrogen (secondary N) is 1. The Hall–Kier alpha value is -2.11. The van der Waals surface area contributed by atoms with E-state index in [0.29, 0.717) is 0 Å². The van der Waals surface area contributed by atoms with Crippen molar-refractivity contribution in [2.45, 2.75) is 40.7 Å². The van der Waals surface area contributed by atoms with E-state index in [-0.39, 0.29) is 34.1 Å². The summed E-state index contributed by atoms with van der Waals surface area (Å²) < 4.78 is 90.1. The molecule has 0 spiro atoms. The van der Waals surface area contributed by atoms with Crippen molar-refractivity contribution < 1.29 is 25.8 Å². The highest BCUT2D eigenvalue weighted by molar-refractivity contribution is 7.91. The number of alkyl halides is 2. The van der Waals surface area contributed by atoms with Crippen LogP contribution in [0.5, 0.6) is 0 Å². The molecule has 0 bridgehead atoms. The van der Waals surface area contributed by atoms with Crippen LogP contribution < -0.4 is 4.90 Å². The van der Waals surface area contributed by atoms with Crippen LogP contribution in [-0.4, -0.2) is 50.0 Å². The smallest absolute Gasteiger partial charge is 0.251 e. The van der Waals surface area contributed by atoms with Crippen LogP contribution in [0.1, 0.15) is 30.6 Å². The van der Waals surface area contributed by atoms with Gasteiger partial charge in [0.15, 0.2) is 9.84 Å². The maximum atomic E-state index is 14.8. The maximum absolute atomic E-state index is 14.8. The summed E-state index contributed by atoms with van der Waals surface area (Å²) >= 11 is 0. The minimum atomic E-state index is -3.98. The van der Waals surface area contributed by atoms with E-state index in [0.717, 1.165) is 0 Å². The SMILES string of the molecule is CC(c1cccc(F)c1N1CCC(F)(F)CC1)S(=O)(=O)c1ccc(S(=N)(=O)N(C)C)cc1. The monoisotopic (exact) mass is 489 g/mol. The van der Waals surface area contributed by atoms with Crippen LogP contribution in [0.4, 0.5) is 18.9 Å². The number of rotatable bonds is 6. The van der Waals surface area contributed by atoms with Crippen LogP contribution in [0, 0.1) is 10.6 Å².